The number of fused-ring (bicyclic) bond motifs is 1. The van der Waals surface area contributed by atoms with Crippen molar-refractivity contribution in [3.8, 4) is 5.75 Å². The molecule has 1 atom stereocenters. The summed E-state index contributed by atoms with van der Waals surface area (Å²) < 4.78 is 10.9. The Morgan fingerprint density at radius 3 is 2.47 bits per heavy atom. The first kappa shape index (κ1) is 21.0. The van der Waals surface area contributed by atoms with Gasteiger partial charge in [0.1, 0.15) is 5.75 Å². The number of piperazine rings is 1. The summed E-state index contributed by atoms with van der Waals surface area (Å²) in [6, 6.07) is 13.8. The van der Waals surface area contributed by atoms with Gasteiger partial charge in [0.25, 0.3) is 11.8 Å². The molecule has 0 N–H and O–H groups in total. The Labute approximate surface area is 188 Å². The number of imide groups is 1. The smallest absolute Gasteiger partial charge is 0.263 e. The maximum atomic E-state index is 13.2. The highest BCUT2D eigenvalue weighted by molar-refractivity contribution is 6.23. The first-order chi connectivity index (χ1) is 15.6. The first-order valence-corrected chi connectivity index (χ1v) is 11.3. The second-order valence-electron chi connectivity index (χ2n) is 8.67. The molecule has 7 heteroatoms. The van der Waals surface area contributed by atoms with Crippen LogP contribution in [-0.2, 0) is 11.3 Å². The Kier molecular flexibility index (Phi) is 5.85. The van der Waals surface area contributed by atoms with E-state index in [0.29, 0.717) is 24.3 Å². The van der Waals surface area contributed by atoms with E-state index in [0.717, 1.165) is 57.0 Å². The van der Waals surface area contributed by atoms with Gasteiger partial charge in [-0.3, -0.25) is 19.4 Å². The number of hydrogen-bond donors (Lipinski definition) is 0. The number of carbonyl (C=O) groups excluding carboxylic acids is 2. The summed E-state index contributed by atoms with van der Waals surface area (Å²) in [5, 5.41) is 0. The van der Waals surface area contributed by atoms with Crippen molar-refractivity contribution in [3.05, 3.63) is 59.2 Å². The van der Waals surface area contributed by atoms with Gasteiger partial charge in [0.05, 0.1) is 36.6 Å². The van der Waals surface area contributed by atoms with Gasteiger partial charge in [0.2, 0.25) is 0 Å². The van der Waals surface area contributed by atoms with Crippen LogP contribution in [0.5, 0.6) is 5.75 Å². The van der Waals surface area contributed by atoms with Gasteiger partial charge in [-0.1, -0.05) is 18.2 Å². The number of rotatable bonds is 6. The summed E-state index contributed by atoms with van der Waals surface area (Å²) in [6.45, 7) is 5.38. The molecule has 5 rings (SSSR count). The first-order valence-electron chi connectivity index (χ1n) is 11.3. The summed E-state index contributed by atoms with van der Waals surface area (Å²) in [5.74, 6) is 0.488. The highest BCUT2D eigenvalue weighted by atomic mass is 16.5. The van der Waals surface area contributed by atoms with E-state index in [9.17, 15) is 9.59 Å². The molecule has 3 aliphatic rings. The van der Waals surface area contributed by atoms with Gasteiger partial charge in [-0.15, -0.1) is 0 Å². The van der Waals surface area contributed by atoms with E-state index in [-0.39, 0.29) is 17.9 Å². The van der Waals surface area contributed by atoms with Crippen molar-refractivity contribution < 1.29 is 19.1 Å². The van der Waals surface area contributed by atoms with Crippen LogP contribution in [0.25, 0.3) is 0 Å². The van der Waals surface area contributed by atoms with Crippen LogP contribution in [0.4, 0.5) is 5.69 Å². The average molecular weight is 436 g/mol. The second kappa shape index (κ2) is 8.92. The lowest BCUT2D eigenvalue weighted by Gasteiger charge is -2.36. The van der Waals surface area contributed by atoms with Crippen LogP contribution in [0.1, 0.15) is 39.1 Å². The molecule has 0 radical (unpaired) electrons. The van der Waals surface area contributed by atoms with Crippen molar-refractivity contribution in [1.29, 1.82) is 0 Å². The summed E-state index contributed by atoms with van der Waals surface area (Å²) >= 11 is 0. The molecule has 168 valence electrons. The molecule has 2 fully saturated rings. The summed E-state index contributed by atoms with van der Waals surface area (Å²) in [4.78, 5) is 32.2. The maximum Gasteiger partial charge on any atom is 0.263 e. The zero-order valence-corrected chi connectivity index (χ0v) is 18.5. The zero-order chi connectivity index (χ0) is 22.1. The number of methoxy groups -OCH3 is 1. The molecule has 0 spiro atoms. The normalized spacial score (nSPS) is 21.3. The number of anilines is 1. The number of nitrogens with zero attached hydrogens (tertiary/aromatic N) is 3. The molecule has 1 unspecified atom stereocenters. The van der Waals surface area contributed by atoms with Crippen LogP contribution in [-0.4, -0.2) is 74.2 Å². The van der Waals surface area contributed by atoms with E-state index in [1.54, 1.807) is 13.2 Å². The van der Waals surface area contributed by atoms with Crippen molar-refractivity contribution >= 4 is 17.5 Å². The van der Waals surface area contributed by atoms with Crippen LogP contribution in [0, 0.1) is 0 Å². The number of hydrogen-bond acceptors (Lipinski definition) is 6. The summed E-state index contributed by atoms with van der Waals surface area (Å²) in [7, 11) is 1.68. The molecule has 2 saturated heterocycles. The van der Waals surface area contributed by atoms with Crippen molar-refractivity contribution in [3.63, 3.8) is 0 Å². The molecule has 0 aromatic heterocycles. The van der Waals surface area contributed by atoms with Crippen molar-refractivity contribution in [1.82, 2.24) is 9.80 Å². The van der Waals surface area contributed by atoms with Crippen LogP contribution < -0.4 is 9.64 Å². The van der Waals surface area contributed by atoms with Gasteiger partial charge < -0.3 is 14.4 Å². The molecule has 0 saturated carbocycles. The third-order valence-electron chi connectivity index (χ3n) is 6.67. The lowest BCUT2D eigenvalue weighted by molar-refractivity contribution is 0.0475. The third kappa shape index (κ3) is 3.98. The zero-order valence-electron chi connectivity index (χ0n) is 18.5. The Morgan fingerprint density at radius 1 is 1.00 bits per heavy atom. The molecule has 32 heavy (non-hydrogen) atoms. The minimum absolute atomic E-state index is 0.0397. The Morgan fingerprint density at radius 2 is 1.78 bits per heavy atom. The maximum absolute atomic E-state index is 13.2. The Balaban J connectivity index is 1.26. The fourth-order valence-electron chi connectivity index (χ4n) is 4.87. The van der Waals surface area contributed by atoms with Gasteiger partial charge in [-0.2, -0.15) is 0 Å². The van der Waals surface area contributed by atoms with Crippen LogP contribution in [0.3, 0.4) is 0 Å². The van der Waals surface area contributed by atoms with Crippen LogP contribution in [0.2, 0.25) is 0 Å². The van der Waals surface area contributed by atoms with Crippen molar-refractivity contribution in [2.24, 2.45) is 0 Å². The Hall–Kier alpha value is -2.90. The van der Waals surface area contributed by atoms with E-state index >= 15 is 0 Å². The topological polar surface area (TPSA) is 62.3 Å². The second-order valence-corrected chi connectivity index (χ2v) is 8.67. The van der Waals surface area contributed by atoms with E-state index in [1.807, 2.05) is 24.3 Å². The predicted octanol–water partition coefficient (Wildman–Crippen LogP) is 2.79. The lowest BCUT2D eigenvalue weighted by Crippen LogP contribution is -2.46. The molecule has 0 bridgehead atoms. The molecule has 7 nitrogen and oxygen atoms in total. The van der Waals surface area contributed by atoms with E-state index in [2.05, 4.69) is 21.9 Å². The van der Waals surface area contributed by atoms with E-state index < -0.39 is 0 Å². The van der Waals surface area contributed by atoms with Gasteiger partial charge >= 0.3 is 0 Å². The van der Waals surface area contributed by atoms with Gasteiger partial charge in [-0.05, 0) is 42.7 Å². The number of benzene rings is 2. The van der Waals surface area contributed by atoms with E-state index in [4.69, 9.17) is 9.47 Å². The number of ether oxygens (including phenoxy) is 2. The monoisotopic (exact) mass is 435 g/mol. The Bertz CT molecular complexity index is 993. The fraction of sp³-hybridized carbons (Fsp3) is 0.440. The van der Waals surface area contributed by atoms with Gasteiger partial charge in [0.15, 0.2) is 0 Å². The largest absolute Gasteiger partial charge is 0.497 e. The minimum atomic E-state index is -0.194. The van der Waals surface area contributed by atoms with E-state index in [1.165, 1.54) is 10.5 Å². The molecule has 0 aliphatic carbocycles. The molecule has 2 aromatic carbocycles. The minimum Gasteiger partial charge on any atom is -0.497 e. The highest BCUT2D eigenvalue weighted by Gasteiger charge is 2.40. The quantitative estimate of drug-likeness (QED) is 0.651. The fourth-order valence-corrected chi connectivity index (χ4v) is 4.87. The highest BCUT2D eigenvalue weighted by Crippen LogP contribution is 2.33. The molecule has 2 amide bonds. The number of carbonyl (C=O) groups is 2. The van der Waals surface area contributed by atoms with Crippen LogP contribution >= 0.6 is 0 Å². The SMILES string of the molecule is COc1ccc(CN2CCN(c3cccc4c3C(=O)N(CC3CCCO3)C4=O)CC2)cc1. The molecule has 3 aliphatic heterocycles. The van der Waals surface area contributed by atoms with Gasteiger partial charge in [-0.25, -0.2) is 0 Å². The van der Waals surface area contributed by atoms with Gasteiger partial charge in [0, 0.05) is 39.3 Å². The third-order valence-corrected chi connectivity index (χ3v) is 6.67. The number of amides is 2. The standard InChI is InChI=1S/C25H29N3O4/c1-31-19-9-7-18(8-10-19)16-26-11-13-27(14-12-26)22-6-2-5-21-23(22)25(30)28(24(21)29)17-20-4-3-15-32-20/h2,5-10,20H,3-4,11-17H2,1H3. The summed E-state index contributed by atoms with van der Waals surface area (Å²) in [6.07, 6.45) is 1.85. The predicted molar refractivity (Wildman–Crippen MR) is 121 cm³/mol. The molecule has 3 heterocycles. The van der Waals surface area contributed by atoms with Crippen molar-refractivity contribution in [2.45, 2.75) is 25.5 Å². The molecular weight excluding hydrogens is 406 g/mol. The average Bonchev–Trinajstić information content (AvgIpc) is 3.43. The molecule has 2 aromatic rings. The summed E-state index contributed by atoms with van der Waals surface area (Å²) in [5.41, 5.74) is 3.20. The lowest BCUT2D eigenvalue weighted by atomic mass is 10.1. The van der Waals surface area contributed by atoms with Crippen molar-refractivity contribution in [2.75, 3.05) is 51.3 Å². The molecular formula is C25H29N3O4. The van der Waals surface area contributed by atoms with Crippen LogP contribution in [0.15, 0.2) is 42.5 Å².